The van der Waals surface area contributed by atoms with Gasteiger partial charge in [-0.05, 0) is 50.6 Å². The third-order valence-corrected chi connectivity index (χ3v) is 6.30. The largest absolute Gasteiger partial charge is 0.370 e. The maximum Gasteiger partial charge on any atom is 0.263 e. The van der Waals surface area contributed by atoms with E-state index in [0.717, 1.165) is 23.4 Å². The van der Waals surface area contributed by atoms with Gasteiger partial charge < -0.3 is 9.64 Å². The van der Waals surface area contributed by atoms with Gasteiger partial charge in [0, 0.05) is 49.2 Å². The van der Waals surface area contributed by atoms with E-state index in [1.54, 1.807) is 19.2 Å². The number of hydrogen-bond donors (Lipinski definition) is 0. The van der Waals surface area contributed by atoms with Gasteiger partial charge in [-0.25, -0.2) is 18.7 Å². The maximum absolute atomic E-state index is 14.9. The van der Waals surface area contributed by atoms with E-state index in [2.05, 4.69) is 9.97 Å². The molecule has 9 heteroatoms. The lowest BCUT2D eigenvalue weighted by Gasteiger charge is -2.34. The highest BCUT2D eigenvalue weighted by Crippen LogP contribution is 2.32. The number of ether oxygens (including phenoxy) is 1. The third-order valence-electron chi connectivity index (χ3n) is 6.30. The molecule has 1 fully saturated rings. The molecule has 4 aromatic rings. The molecule has 1 atom stereocenters. The van der Waals surface area contributed by atoms with Crippen LogP contribution in [-0.2, 0) is 11.3 Å². The lowest BCUT2D eigenvalue weighted by molar-refractivity contribution is 0.0394. The summed E-state index contributed by atoms with van der Waals surface area (Å²) >= 11 is 0. The van der Waals surface area contributed by atoms with Crippen LogP contribution in [0.1, 0.15) is 30.1 Å². The third kappa shape index (κ3) is 4.27. The predicted octanol–water partition coefficient (Wildman–Crippen LogP) is 4.35. The summed E-state index contributed by atoms with van der Waals surface area (Å²) in [6.07, 6.45) is 1.55. The first-order valence-corrected chi connectivity index (χ1v) is 11.5. The Morgan fingerprint density at radius 1 is 1.11 bits per heavy atom. The van der Waals surface area contributed by atoms with Crippen LogP contribution in [0.4, 0.5) is 14.6 Å². The van der Waals surface area contributed by atoms with E-state index in [1.807, 2.05) is 30.9 Å². The first-order chi connectivity index (χ1) is 16.9. The molecule has 0 radical (unpaired) electrons. The number of pyridine rings is 2. The number of halogens is 2. The van der Waals surface area contributed by atoms with E-state index >= 15 is 0 Å². The van der Waals surface area contributed by atoms with Crippen molar-refractivity contribution >= 4 is 16.7 Å². The number of aryl methyl sites for hydroxylation is 2. The molecule has 180 valence electrons. The molecule has 4 heterocycles. The van der Waals surface area contributed by atoms with Gasteiger partial charge in [-0.3, -0.25) is 14.3 Å². The number of morpholine rings is 1. The normalized spacial score (nSPS) is 16.1. The van der Waals surface area contributed by atoms with Crippen LogP contribution in [0.5, 0.6) is 0 Å². The fourth-order valence-corrected chi connectivity index (χ4v) is 4.57. The summed E-state index contributed by atoms with van der Waals surface area (Å²) in [6.45, 7) is 7.49. The number of fused-ring (bicyclic) bond motifs is 1. The van der Waals surface area contributed by atoms with Crippen molar-refractivity contribution in [2.45, 2.75) is 33.4 Å². The van der Waals surface area contributed by atoms with Crippen LogP contribution in [-0.4, -0.2) is 39.2 Å². The monoisotopic (exact) mass is 477 g/mol. The Balaban J connectivity index is 1.67. The van der Waals surface area contributed by atoms with Gasteiger partial charge in [-0.1, -0.05) is 0 Å². The van der Waals surface area contributed by atoms with Crippen LogP contribution in [0, 0.1) is 25.5 Å². The zero-order chi connectivity index (χ0) is 24.7. The van der Waals surface area contributed by atoms with Gasteiger partial charge in [0.05, 0.1) is 23.2 Å². The number of rotatable bonds is 4. The summed E-state index contributed by atoms with van der Waals surface area (Å²) in [6, 6.07) is 8.94. The number of nitrogens with zero attached hydrogens (tertiary/aromatic N) is 5. The van der Waals surface area contributed by atoms with E-state index in [4.69, 9.17) is 9.72 Å². The molecule has 1 saturated heterocycles. The first kappa shape index (κ1) is 23.0. The van der Waals surface area contributed by atoms with Crippen LogP contribution in [0.25, 0.3) is 22.2 Å². The molecule has 1 aliphatic heterocycles. The van der Waals surface area contributed by atoms with E-state index in [9.17, 15) is 13.6 Å². The number of benzene rings is 1. The van der Waals surface area contributed by atoms with Gasteiger partial charge >= 0.3 is 0 Å². The summed E-state index contributed by atoms with van der Waals surface area (Å²) < 4.78 is 36.1. The molecule has 0 saturated carbocycles. The van der Waals surface area contributed by atoms with Gasteiger partial charge in [0.2, 0.25) is 0 Å². The van der Waals surface area contributed by atoms with Gasteiger partial charge in [0.25, 0.3) is 5.56 Å². The zero-order valence-corrected chi connectivity index (χ0v) is 19.8. The Hall–Kier alpha value is -3.72. The highest BCUT2D eigenvalue weighted by Gasteiger charge is 2.26. The molecular weight excluding hydrogens is 452 g/mol. The number of aromatic nitrogens is 4. The predicted molar refractivity (Wildman–Crippen MR) is 129 cm³/mol. The molecule has 0 bridgehead atoms. The van der Waals surface area contributed by atoms with Crippen molar-refractivity contribution in [1.29, 1.82) is 0 Å². The molecular formula is C26H25F2N5O2. The Kier molecular flexibility index (Phi) is 6.02. The van der Waals surface area contributed by atoms with Crippen LogP contribution in [0.15, 0.2) is 47.4 Å². The molecule has 3 aromatic heterocycles. The fraction of sp³-hybridized carbons (Fsp3) is 0.308. The van der Waals surface area contributed by atoms with Crippen molar-refractivity contribution in [2.75, 3.05) is 24.6 Å². The SMILES string of the molecule is CCn1c(C)nc2cc(N3CCO[C@@H](c4ccnc(C)c4)C3)nc(-c3ccc(F)cc3F)c2c1=O. The average molecular weight is 478 g/mol. The van der Waals surface area contributed by atoms with Crippen molar-refractivity contribution in [3.05, 3.63) is 81.7 Å². The summed E-state index contributed by atoms with van der Waals surface area (Å²) in [5, 5.41) is 0.210. The standard InChI is InChI=1S/C26H25F2N5O2/c1-4-33-16(3)30-21-13-23(32-9-10-35-22(14-32)17-7-8-29-15(2)11-17)31-25(24(21)26(33)34)19-6-5-18(27)12-20(19)28/h5-8,11-13,22H,4,9-10,14H2,1-3H3/t22-/m1/s1. The molecule has 1 aliphatic rings. The molecule has 0 spiro atoms. The van der Waals surface area contributed by atoms with E-state index < -0.39 is 11.6 Å². The molecule has 0 aliphatic carbocycles. The Bertz CT molecular complexity index is 1490. The smallest absolute Gasteiger partial charge is 0.263 e. The Labute approximate surface area is 201 Å². The van der Waals surface area contributed by atoms with Crippen molar-refractivity contribution in [3.63, 3.8) is 0 Å². The average Bonchev–Trinajstić information content (AvgIpc) is 2.83. The van der Waals surface area contributed by atoms with Crippen molar-refractivity contribution in [2.24, 2.45) is 0 Å². The zero-order valence-electron chi connectivity index (χ0n) is 19.8. The second-order valence-electron chi connectivity index (χ2n) is 8.59. The van der Waals surface area contributed by atoms with Crippen LogP contribution < -0.4 is 10.5 Å². The molecule has 5 rings (SSSR count). The van der Waals surface area contributed by atoms with Gasteiger partial charge in [-0.15, -0.1) is 0 Å². The Morgan fingerprint density at radius 2 is 1.94 bits per heavy atom. The second-order valence-corrected chi connectivity index (χ2v) is 8.59. The summed E-state index contributed by atoms with van der Waals surface area (Å²) in [4.78, 5) is 29.0. The van der Waals surface area contributed by atoms with Crippen LogP contribution >= 0.6 is 0 Å². The summed E-state index contributed by atoms with van der Waals surface area (Å²) in [5.41, 5.74) is 2.22. The van der Waals surface area contributed by atoms with Gasteiger partial charge in [0.1, 0.15) is 29.4 Å². The quantitative estimate of drug-likeness (QED) is 0.435. The highest BCUT2D eigenvalue weighted by molar-refractivity contribution is 5.93. The highest BCUT2D eigenvalue weighted by atomic mass is 19.1. The molecule has 0 amide bonds. The Morgan fingerprint density at radius 3 is 2.69 bits per heavy atom. The molecule has 35 heavy (non-hydrogen) atoms. The van der Waals surface area contributed by atoms with Gasteiger partial charge in [-0.2, -0.15) is 0 Å². The van der Waals surface area contributed by atoms with Gasteiger partial charge in [0.15, 0.2) is 0 Å². The van der Waals surface area contributed by atoms with Crippen LogP contribution in [0.2, 0.25) is 0 Å². The molecule has 0 unspecified atom stereocenters. The lowest BCUT2D eigenvalue weighted by atomic mass is 10.1. The maximum atomic E-state index is 14.9. The number of hydrogen-bond acceptors (Lipinski definition) is 6. The minimum absolute atomic E-state index is 0.0539. The van der Waals surface area contributed by atoms with Crippen molar-refractivity contribution < 1.29 is 13.5 Å². The van der Waals surface area contributed by atoms with Crippen molar-refractivity contribution in [3.8, 4) is 11.3 Å². The van der Waals surface area contributed by atoms with Crippen LogP contribution in [0.3, 0.4) is 0 Å². The molecule has 7 nitrogen and oxygen atoms in total. The summed E-state index contributed by atoms with van der Waals surface area (Å²) in [5.74, 6) is -0.378. The van der Waals surface area contributed by atoms with E-state index in [-0.39, 0.29) is 28.3 Å². The molecule has 1 aromatic carbocycles. The minimum Gasteiger partial charge on any atom is -0.370 e. The fourth-order valence-electron chi connectivity index (χ4n) is 4.57. The first-order valence-electron chi connectivity index (χ1n) is 11.5. The topological polar surface area (TPSA) is 73.1 Å². The van der Waals surface area contributed by atoms with E-state index in [0.29, 0.717) is 43.4 Å². The summed E-state index contributed by atoms with van der Waals surface area (Å²) in [7, 11) is 0. The second kappa shape index (κ2) is 9.14. The number of anilines is 1. The van der Waals surface area contributed by atoms with E-state index in [1.165, 1.54) is 10.6 Å². The minimum atomic E-state index is -0.786. The van der Waals surface area contributed by atoms with Crippen molar-refractivity contribution in [1.82, 2.24) is 19.5 Å². The molecule has 0 N–H and O–H groups in total. The lowest BCUT2D eigenvalue weighted by Crippen LogP contribution is -2.39.